The van der Waals surface area contributed by atoms with Gasteiger partial charge in [0, 0.05) is 35.6 Å². The molecule has 3 heterocycles. The molecular weight excluding hydrogens is 308 g/mol. The third-order valence-electron chi connectivity index (χ3n) is 4.72. The molecule has 1 saturated heterocycles. The summed E-state index contributed by atoms with van der Waals surface area (Å²) in [7, 11) is 0. The lowest BCUT2D eigenvalue weighted by Crippen LogP contribution is -2.42. The Morgan fingerprint density at radius 3 is 3.09 bits per heavy atom. The lowest BCUT2D eigenvalue weighted by Gasteiger charge is -2.33. The maximum Gasteiger partial charge on any atom is 0.233 e. The van der Waals surface area contributed by atoms with Crippen LogP contribution in [0.4, 0.5) is 0 Å². The van der Waals surface area contributed by atoms with Gasteiger partial charge in [0.25, 0.3) is 0 Å². The van der Waals surface area contributed by atoms with Gasteiger partial charge in [0.1, 0.15) is 18.3 Å². The highest BCUT2D eigenvalue weighted by molar-refractivity contribution is 7.09. The third-order valence-corrected chi connectivity index (χ3v) is 5.84. The van der Waals surface area contributed by atoms with E-state index >= 15 is 0 Å². The van der Waals surface area contributed by atoms with E-state index < -0.39 is 0 Å². The van der Waals surface area contributed by atoms with Crippen LogP contribution in [0, 0.1) is 6.92 Å². The standard InChI is InChI=1S/C18H20N2O2S/c1-12-11-23-17(19-12)13-5-4-8-20(9-13)18(21)15-10-22-16-7-3-2-6-14(15)16/h2-3,6-7,11,13,15H,4-5,8-10H2,1H3/t13-,15-/m0/s1. The second-order valence-corrected chi connectivity index (χ2v) is 7.24. The Kier molecular flexibility index (Phi) is 3.81. The largest absolute Gasteiger partial charge is 0.492 e. The molecule has 120 valence electrons. The van der Waals surface area contributed by atoms with E-state index in [2.05, 4.69) is 10.4 Å². The highest BCUT2D eigenvalue weighted by atomic mass is 32.1. The number of likely N-dealkylation sites (tertiary alicyclic amines) is 1. The quantitative estimate of drug-likeness (QED) is 0.849. The van der Waals surface area contributed by atoms with E-state index in [4.69, 9.17) is 4.74 Å². The monoisotopic (exact) mass is 328 g/mol. The maximum absolute atomic E-state index is 13.0. The molecule has 4 nitrogen and oxygen atoms in total. The smallest absolute Gasteiger partial charge is 0.233 e. The fraction of sp³-hybridized carbons (Fsp3) is 0.444. The van der Waals surface area contributed by atoms with Crippen molar-refractivity contribution in [3.63, 3.8) is 0 Å². The summed E-state index contributed by atoms with van der Waals surface area (Å²) < 4.78 is 5.68. The first-order valence-electron chi connectivity index (χ1n) is 8.15. The van der Waals surface area contributed by atoms with Crippen LogP contribution in [0.25, 0.3) is 0 Å². The van der Waals surface area contributed by atoms with E-state index in [0.717, 1.165) is 42.9 Å². The van der Waals surface area contributed by atoms with Crippen molar-refractivity contribution in [3.05, 3.63) is 45.9 Å². The van der Waals surface area contributed by atoms with Crippen LogP contribution in [0.1, 0.15) is 40.9 Å². The lowest BCUT2D eigenvalue weighted by atomic mass is 9.95. The number of para-hydroxylation sites is 1. The summed E-state index contributed by atoms with van der Waals surface area (Å²) in [6.07, 6.45) is 2.17. The molecule has 2 aliphatic rings. The Labute approximate surface area is 140 Å². The summed E-state index contributed by atoms with van der Waals surface area (Å²) in [5.74, 6) is 1.29. The highest BCUT2D eigenvalue weighted by Crippen LogP contribution is 2.36. The second kappa shape index (κ2) is 5.96. The van der Waals surface area contributed by atoms with Gasteiger partial charge in [-0.05, 0) is 25.8 Å². The number of benzene rings is 1. The third kappa shape index (κ3) is 2.74. The molecule has 0 N–H and O–H groups in total. The van der Waals surface area contributed by atoms with Gasteiger partial charge in [0.2, 0.25) is 5.91 Å². The zero-order valence-electron chi connectivity index (χ0n) is 13.2. The molecule has 0 aliphatic carbocycles. The van der Waals surface area contributed by atoms with Crippen molar-refractivity contribution in [2.45, 2.75) is 31.6 Å². The van der Waals surface area contributed by atoms with Crippen molar-refractivity contribution in [1.82, 2.24) is 9.88 Å². The van der Waals surface area contributed by atoms with Crippen LogP contribution in [-0.2, 0) is 4.79 Å². The number of hydrogen-bond donors (Lipinski definition) is 0. The summed E-state index contributed by atoms with van der Waals surface area (Å²) >= 11 is 1.72. The van der Waals surface area contributed by atoms with E-state index in [1.54, 1.807) is 11.3 Å². The number of amides is 1. The fourth-order valence-electron chi connectivity index (χ4n) is 3.53. The zero-order valence-corrected chi connectivity index (χ0v) is 14.0. The van der Waals surface area contributed by atoms with E-state index in [9.17, 15) is 4.79 Å². The number of nitrogens with zero attached hydrogens (tertiary/aromatic N) is 2. The van der Waals surface area contributed by atoms with Crippen LogP contribution in [0.2, 0.25) is 0 Å². The molecule has 1 amide bonds. The minimum absolute atomic E-state index is 0.150. The van der Waals surface area contributed by atoms with Gasteiger partial charge in [-0.3, -0.25) is 4.79 Å². The van der Waals surface area contributed by atoms with Crippen LogP contribution in [0.5, 0.6) is 5.75 Å². The van der Waals surface area contributed by atoms with Gasteiger partial charge in [0.05, 0.1) is 5.01 Å². The molecule has 0 bridgehead atoms. The van der Waals surface area contributed by atoms with Crippen LogP contribution in [0.3, 0.4) is 0 Å². The predicted octanol–water partition coefficient (Wildman–Crippen LogP) is 3.33. The summed E-state index contributed by atoms with van der Waals surface area (Å²) in [5, 5.41) is 3.26. The average Bonchev–Trinajstić information content (AvgIpc) is 3.20. The van der Waals surface area contributed by atoms with Crippen LogP contribution < -0.4 is 4.74 Å². The Hall–Kier alpha value is -1.88. The van der Waals surface area contributed by atoms with E-state index in [0.29, 0.717) is 12.5 Å². The Morgan fingerprint density at radius 2 is 2.26 bits per heavy atom. The molecule has 2 atom stereocenters. The molecule has 1 fully saturated rings. The Morgan fingerprint density at radius 1 is 1.39 bits per heavy atom. The van der Waals surface area contributed by atoms with Gasteiger partial charge >= 0.3 is 0 Å². The van der Waals surface area contributed by atoms with Crippen molar-refractivity contribution in [1.29, 1.82) is 0 Å². The normalized spacial score (nSPS) is 23.4. The molecule has 5 heteroatoms. The van der Waals surface area contributed by atoms with Crippen molar-refractivity contribution in [3.8, 4) is 5.75 Å². The number of carbonyl (C=O) groups excluding carboxylic acids is 1. The second-order valence-electron chi connectivity index (χ2n) is 6.35. The zero-order chi connectivity index (χ0) is 15.8. The molecule has 0 spiro atoms. The SMILES string of the molecule is Cc1csc([C@H]2CCCN(C(=O)[C@H]3COc4ccccc43)C2)n1. The topological polar surface area (TPSA) is 42.4 Å². The summed E-state index contributed by atoms with van der Waals surface area (Å²) in [6, 6.07) is 7.88. The number of aromatic nitrogens is 1. The molecule has 23 heavy (non-hydrogen) atoms. The number of thiazole rings is 1. The minimum Gasteiger partial charge on any atom is -0.492 e. The Balaban J connectivity index is 1.51. The number of rotatable bonds is 2. The lowest BCUT2D eigenvalue weighted by molar-refractivity contribution is -0.134. The van der Waals surface area contributed by atoms with E-state index in [-0.39, 0.29) is 11.8 Å². The Bertz CT molecular complexity index is 727. The van der Waals surface area contributed by atoms with Crippen molar-refractivity contribution < 1.29 is 9.53 Å². The number of piperidine rings is 1. The van der Waals surface area contributed by atoms with Crippen molar-refractivity contribution in [2.75, 3.05) is 19.7 Å². The molecule has 0 saturated carbocycles. The van der Waals surface area contributed by atoms with Crippen molar-refractivity contribution >= 4 is 17.2 Å². The first-order valence-corrected chi connectivity index (χ1v) is 9.03. The van der Waals surface area contributed by atoms with Gasteiger partial charge in [-0.2, -0.15) is 0 Å². The van der Waals surface area contributed by atoms with Crippen LogP contribution in [-0.4, -0.2) is 35.5 Å². The number of ether oxygens (including phenoxy) is 1. The first kappa shape index (κ1) is 14.7. The van der Waals surface area contributed by atoms with Crippen LogP contribution >= 0.6 is 11.3 Å². The van der Waals surface area contributed by atoms with Gasteiger partial charge in [-0.1, -0.05) is 18.2 Å². The molecule has 1 aromatic carbocycles. The highest BCUT2D eigenvalue weighted by Gasteiger charge is 2.35. The number of carbonyl (C=O) groups is 1. The molecule has 0 unspecified atom stereocenters. The molecule has 1 aromatic heterocycles. The number of hydrogen-bond acceptors (Lipinski definition) is 4. The summed E-state index contributed by atoms with van der Waals surface area (Å²) in [6.45, 7) is 4.12. The number of fused-ring (bicyclic) bond motifs is 1. The van der Waals surface area contributed by atoms with Crippen molar-refractivity contribution in [2.24, 2.45) is 0 Å². The number of aryl methyl sites for hydroxylation is 1. The summed E-state index contributed by atoms with van der Waals surface area (Å²) in [4.78, 5) is 19.6. The average molecular weight is 328 g/mol. The molecule has 0 radical (unpaired) electrons. The van der Waals surface area contributed by atoms with Gasteiger partial charge in [0.15, 0.2) is 0 Å². The predicted molar refractivity (Wildman–Crippen MR) is 90.1 cm³/mol. The van der Waals surface area contributed by atoms with Gasteiger partial charge in [-0.15, -0.1) is 11.3 Å². The van der Waals surface area contributed by atoms with Crippen LogP contribution in [0.15, 0.2) is 29.6 Å². The fourth-order valence-corrected chi connectivity index (χ4v) is 4.45. The first-order chi connectivity index (χ1) is 11.2. The van der Waals surface area contributed by atoms with Gasteiger partial charge < -0.3 is 9.64 Å². The minimum atomic E-state index is -0.150. The molecule has 2 aliphatic heterocycles. The van der Waals surface area contributed by atoms with E-state index in [1.807, 2.05) is 36.1 Å². The summed E-state index contributed by atoms with van der Waals surface area (Å²) in [5.41, 5.74) is 2.11. The molecule has 4 rings (SSSR count). The maximum atomic E-state index is 13.0. The molecular formula is C18H20N2O2S. The van der Waals surface area contributed by atoms with Gasteiger partial charge in [-0.25, -0.2) is 4.98 Å². The van der Waals surface area contributed by atoms with E-state index in [1.165, 1.54) is 5.01 Å². The molecule has 2 aromatic rings.